The van der Waals surface area contributed by atoms with Gasteiger partial charge in [0.2, 0.25) is 0 Å². The minimum Gasteiger partial charge on any atom is -0.389 e. The standard InChI is InChI=1S/C15H19BrN4S/c1-10-14(16)13(20(3)18-10)9-19(2)8-11-5-4-6-12(7-11)15(17)21/h4-7H,8-9H2,1-3H3,(H2,17,21). The molecule has 2 N–H and O–H groups in total. The van der Waals surface area contributed by atoms with Gasteiger partial charge in [0.05, 0.1) is 15.9 Å². The first-order valence-electron chi connectivity index (χ1n) is 6.63. The Bertz CT molecular complexity index is 666. The van der Waals surface area contributed by atoms with Gasteiger partial charge in [-0.25, -0.2) is 0 Å². The summed E-state index contributed by atoms with van der Waals surface area (Å²) in [5, 5.41) is 4.42. The third kappa shape index (κ3) is 3.90. The van der Waals surface area contributed by atoms with Crippen LogP contribution >= 0.6 is 28.1 Å². The maximum Gasteiger partial charge on any atom is 0.103 e. The molecule has 6 heteroatoms. The number of aryl methyl sites for hydroxylation is 2. The Kier molecular flexibility index (Phi) is 5.13. The van der Waals surface area contributed by atoms with Crippen molar-refractivity contribution in [1.82, 2.24) is 14.7 Å². The topological polar surface area (TPSA) is 47.1 Å². The lowest BCUT2D eigenvalue weighted by molar-refractivity contribution is 0.309. The van der Waals surface area contributed by atoms with E-state index in [1.165, 1.54) is 11.3 Å². The Hall–Kier alpha value is -1.24. The maximum absolute atomic E-state index is 5.68. The first kappa shape index (κ1) is 16.1. The summed E-state index contributed by atoms with van der Waals surface area (Å²) >= 11 is 8.63. The van der Waals surface area contributed by atoms with Crippen LogP contribution in [0.25, 0.3) is 0 Å². The number of aromatic nitrogens is 2. The molecular weight excluding hydrogens is 348 g/mol. The van der Waals surface area contributed by atoms with Crippen molar-refractivity contribution in [2.45, 2.75) is 20.0 Å². The second-order valence-electron chi connectivity index (χ2n) is 5.21. The van der Waals surface area contributed by atoms with E-state index in [0.717, 1.165) is 28.8 Å². The predicted octanol–water partition coefficient (Wildman–Crippen LogP) is 2.76. The molecule has 0 atom stereocenters. The fourth-order valence-corrected chi connectivity index (χ4v) is 2.89. The fraction of sp³-hybridized carbons (Fsp3) is 0.333. The number of thiocarbonyl (C=S) groups is 1. The van der Waals surface area contributed by atoms with Gasteiger partial charge in [-0.2, -0.15) is 5.10 Å². The first-order chi connectivity index (χ1) is 9.88. The molecule has 0 radical (unpaired) electrons. The lowest BCUT2D eigenvalue weighted by Crippen LogP contribution is -2.20. The molecule has 0 aliphatic rings. The van der Waals surface area contributed by atoms with E-state index in [1.54, 1.807) is 0 Å². The quantitative estimate of drug-likeness (QED) is 0.826. The van der Waals surface area contributed by atoms with Crippen molar-refractivity contribution in [1.29, 1.82) is 0 Å². The molecule has 0 fully saturated rings. The van der Waals surface area contributed by atoms with E-state index in [2.05, 4.69) is 39.0 Å². The molecule has 4 nitrogen and oxygen atoms in total. The lowest BCUT2D eigenvalue weighted by Gasteiger charge is -2.17. The zero-order valence-electron chi connectivity index (χ0n) is 12.4. The summed E-state index contributed by atoms with van der Waals surface area (Å²) in [5.74, 6) is 0. The number of hydrogen-bond acceptors (Lipinski definition) is 3. The van der Waals surface area contributed by atoms with E-state index in [1.807, 2.05) is 36.9 Å². The number of benzene rings is 1. The zero-order chi connectivity index (χ0) is 15.6. The molecule has 0 aliphatic carbocycles. The number of nitrogens with two attached hydrogens (primary N) is 1. The Morgan fingerprint density at radius 2 is 2.14 bits per heavy atom. The molecule has 1 heterocycles. The highest BCUT2D eigenvalue weighted by Crippen LogP contribution is 2.22. The second-order valence-corrected chi connectivity index (χ2v) is 6.44. The number of hydrogen-bond donors (Lipinski definition) is 1. The summed E-state index contributed by atoms with van der Waals surface area (Å²) < 4.78 is 3.00. The van der Waals surface area contributed by atoms with Crippen molar-refractivity contribution < 1.29 is 0 Å². The average molecular weight is 367 g/mol. The minimum absolute atomic E-state index is 0.435. The summed E-state index contributed by atoms with van der Waals surface area (Å²) in [6.45, 7) is 3.64. The van der Waals surface area contributed by atoms with Gasteiger partial charge in [-0.3, -0.25) is 9.58 Å². The van der Waals surface area contributed by atoms with E-state index in [9.17, 15) is 0 Å². The molecular formula is C15H19BrN4S. The Labute approximate surface area is 139 Å². The van der Waals surface area contributed by atoms with Crippen LogP contribution in [0.4, 0.5) is 0 Å². The van der Waals surface area contributed by atoms with Crippen molar-refractivity contribution in [3.63, 3.8) is 0 Å². The molecule has 2 rings (SSSR count). The molecule has 0 saturated heterocycles. The smallest absolute Gasteiger partial charge is 0.103 e. The van der Waals surface area contributed by atoms with E-state index in [4.69, 9.17) is 18.0 Å². The van der Waals surface area contributed by atoms with Crippen molar-refractivity contribution in [3.8, 4) is 0 Å². The average Bonchev–Trinajstić information content (AvgIpc) is 2.65. The number of nitrogens with zero attached hydrogens (tertiary/aromatic N) is 3. The highest BCUT2D eigenvalue weighted by atomic mass is 79.9. The predicted molar refractivity (Wildman–Crippen MR) is 93.1 cm³/mol. The van der Waals surface area contributed by atoms with E-state index < -0.39 is 0 Å². The molecule has 0 bridgehead atoms. The van der Waals surface area contributed by atoms with Gasteiger partial charge < -0.3 is 5.73 Å². The van der Waals surface area contributed by atoms with Gasteiger partial charge in [0.25, 0.3) is 0 Å². The third-order valence-corrected chi connectivity index (χ3v) is 4.61. The second kappa shape index (κ2) is 6.68. The Balaban J connectivity index is 2.09. The van der Waals surface area contributed by atoms with Crippen LogP contribution in [-0.4, -0.2) is 26.7 Å². The fourth-order valence-electron chi connectivity index (χ4n) is 2.30. The molecule has 0 spiro atoms. The van der Waals surface area contributed by atoms with Crippen molar-refractivity contribution in [2.24, 2.45) is 12.8 Å². The van der Waals surface area contributed by atoms with Crippen LogP contribution in [0.15, 0.2) is 28.7 Å². The Morgan fingerprint density at radius 1 is 1.43 bits per heavy atom. The van der Waals surface area contributed by atoms with Gasteiger partial charge in [-0.15, -0.1) is 0 Å². The summed E-state index contributed by atoms with van der Waals surface area (Å²) in [7, 11) is 4.05. The zero-order valence-corrected chi connectivity index (χ0v) is 14.8. The van der Waals surface area contributed by atoms with Gasteiger partial charge in [0, 0.05) is 25.7 Å². The number of halogens is 1. The summed E-state index contributed by atoms with van der Waals surface area (Å²) in [6, 6.07) is 8.05. The molecule has 21 heavy (non-hydrogen) atoms. The largest absolute Gasteiger partial charge is 0.389 e. The minimum atomic E-state index is 0.435. The summed E-state index contributed by atoms with van der Waals surface area (Å²) in [4.78, 5) is 2.67. The van der Waals surface area contributed by atoms with E-state index in [0.29, 0.717) is 4.99 Å². The maximum atomic E-state index is 5.68. The molecule has 0 amide bonds. The molecule has 0 unspecified atom stereocenters. The third-order valence-electron chi connectivity index (χ3n) is 3.35. The van der Waals surface area contributed by atoms with Crippen LogP contribution in [0, 0.1) is 6.92 Å². The normalized spacial score (nSPS) is 11.1. The van der Waals surface area contributed by atoms with Crippen LogP contribution in [-0.2, 0) is 20.1 Å². The highest BCUT2D eigenvalue weighted by molar-refractivity contribution is 9.10. The van der Waals surface area contributed by atoms with E-state index in [-0.39, 0.29) is 0 Å². The first-order valence-corrected chi connectivity index (χ1v) is 7.84. The monoisotopic (exact) mass is 366 g/mol. The van der Waals surface area contributed by atoms with Crippen LogP contribution in [0.5, 0.6) is 0 Å². The van der Waals surface area contributed by atoms with Gasteiger partial charge in [-0.05, 0) is 41.5 Å². The lowest BCUT2D eigenvalue weighted by atomic mass is 10.1. The van der Waals surface area contributed by atoms with Crippen LogP contribution in [0.2, 0.25) is 0 Å². The van der Waals surface area contributed by atoms with Crippen molar-refractivity contribution in [2.75, 3.05) is 7.05 Å². The van der Waals surface area contributed by atoms with Crippen molar-refractivity contribution >= 4 is 33.1 Å². The summed E-state index contributed by atoms with van der Waals surface area (Å²) in [6.07, 6.45) is 0. The summed E-state index contributed by atoms with van der Waals surface area (Å²) in [5.41, 5.74) is 9.96. The van der Waals surface area contributed by atoms with Gasteiger partial charge in [0.1, 0.15) is 4.99 Å². The molecule has 112 valence electrons. The number of rotatable bonds is 5. The Morgan fingerprint density at radius 3 is 2.71 bits per heavy atom. The van der Waals surface area contributed by atoms with Crippen LogP contribution < -0.4 is 5.73 Å². The van der Waals surface area contributed by atoms with Gasteiger partial charge in [0.15, 0.2) is 0 Å². The molecule has 1 aromatic heterocycles. The van der Waals surface area contributed by atoms with E-state index >= 15 is 0 Å². The molecule has 0 aliphatic heterocycles. The molecule has 1 aromatic carbocycles. The van der Waals surface area contributed by atoms with Crippen molar-refractivity contribution in [3.05, 3.63) is 51.3 Å². The van der Waals surface area contributed by atoms with Crippen LogP contribution in [0.1, 0.15) is 22.5 Å². The van der Waals surface area contributed by atoms with Crippen LogP contribution in [0.3, 0.4) is 0 Å². The molecule has 2 aromatic rings. The molecule has 0 saturated carbocycles. The van der Waals surface area contributed by atoms with Gasteiger partial charge >= 0.3 is 0 Å². The SMILES string of the molecule is Cc1nn(C)c(CN(C)Cc2cccc(C(N)=S)c2)c1Br. The van der Waals surface area contributed by atoms with Gasteiger partial charge in [-0.1, -0.05) is 30.4 Å². The highest BCUT2D eigenvalue weighted by Gasteiger charge is 2.13.